The molecule has 0 radical (unpaired) electrons. The van der Waals surface area contributed by atoms with Crippen LogP contribution in [-0.2, 0) is 19.3 Å². The summed E-state index contributed by atoms with van der Waals surface area (Å²) in [5, 5.41) is 13.7. The van der Waals surface area contributed by atoms with Crippen molar-refractivity contribution in [2.24, 2.45) is 0 Å². The normalized spacial score (nSPS) is 23.7. The Labute approximate surface area is 109 Å². The van der Waals surface area contributed by atoms with Gasteiger partial charge in [0, 0.05) is 6.04 Å². The largest absolute Gasteiger partial charge is 0.508 e. The van der Waals surface area contributed by atoms with Gasteiger partial charge in [-0.15, -0.1) is 0 Å². The molecule has 98 valence electrons. The monoisotopic (exact) mass is 245 g/mol. The maximum absolute atomic E-state index is 10.2. The van der Waals surface area contributed by atoms with E-state index in [1.807, 2.05) is 6.07 Å². The van der Waals surface area contributed by atoms with Gasteiger partial charge < -0.3 is 10.4 Å². The van der Waals surface area contributed by atoms with E-state index in [0.29, 0.717) is 11.8 Å². The van der Waals surface area contributed by atoms with E-state index in [1.165, 1.54) is 49.7 Å². The Morgan fingerprint density at radius 2 is 1.83 bits per heavy atom. The van der Waals surface area contributed by atoms with E-state index in [9.17, 15) is 5.11 Å². The zero-order valence-corrected chi connectivity index (χ0v) is 11.0. The predicted molar refractivity (Wildman–Crippen MR) is 74.1 cm³/mol. The van der Waals surface area contributed by atoms with Crippen LogP contribution in [0.1, 0.15) is 48.8 Å². The van der Waals surface area contributed by atoms with Crippen LogP contribution in [0, 0.1) is 0 Å². The first-order chi connectivity index (χ1) is 8.83. The van der Waals surface area contributed by atoms with Crippen molar-refractivity contribution in [3.05, 3.63) is 28.8 Å². The first-order valence-corrected chi connectivity index (χ1v) is 7.40. The minimum Gasteiger partial charge on any atom is -0.508 e. The van der Waals surface area contributed by atoms with Gasteiger partial charge in [0.1, 0.15) is 5.75 Å². The van der Waals surface area contributed by atoms with Crippen LogP contribution >= 0.6 is 0 Å². The zero-order chi connectivity index (χ0) is 12.4. The van der Waals surface area contributed by atoms with E-state index >= 15 is 0 Å². The van der Waals surface area contributed by atoms with Crippen molar-refractivity contribution in [2.45, 2.75) is 57.4 Å². The van der Waals surface area contributed by atoms with Gasteiger partial charge in [0.2, 0.25) is 0 Å². The van der Waals surface area contributed by atoms with Gasteiger partial charge in [-0.25, -0.2) is 0 Å². The highest BCUT2D eigenvalue weighted by Crippen LogP contribution is 2.29. The van der Waals surface area contributed by atoms with E-state index < -0.39 is 0 Å². The van der Waals surface area contributed by atoms with Crippen molar-refractivity contribution < 1.29 is 5.11 Å². The fraction of sp³-hybridized carbons (Fsp3) is 0.625. The molecule has 2 N–H and O–H groups in total. The van der Waals surface area contributed by atoms with Crippen LogP contribution in [0.2, 0.25) is 0 Å². The Balaban J connectivity index is 1.83. The summed E-state index contributed by atoms with van der Waals surface area (Å²) in [4.78, 5) is 0. The fourth-order valence-electron chi connectivity index (χ4n) is 3.36. The number of hydrogen-bond acceptors (Lipinski definition) is 2. The number of hydrogen-bond donors (Lipinski definition) is 2. The maximum atomic E-state index is 10.2. The highest BCUT2D eigenvalue weighted by molar-refractivity contribution is 5.43. The number of aromatic hydroxyl groups is 1. The number of nitrogens with one attached hydrogen (secondary N) is 1. The molecule has 0 saturated carbocycles. The van der Waals surface area contributed by atoms with Gasteiger partial charge in [-0.2, -0.15) is 0 Å². The molecule has 18 heavy (non-hydrogen) atoms. The summed E-state index contributed by atoms with van der Waals surface area (Å²) in [6.07, 6.45) is 9.75. The van der Waals surface area contributed by atoms with Crippen molar-refractivity contribution >= 4 is 0 Å². The topological polar surface area (TPSA) is 32.3 Å². The number of aryl methyl sites for hydroxylation is 2. The van der Waals surface area contributed by atoms with E-state index in [-0.39, 0.29) is 0 Å². The lowest BCUT2D eigenvalue weighted by molar-refractivity contribution is 0.461. The Morgan fingerprint density at radius 3 is 2.56 bits per heavy atom. The third-order valence-corrected chi connectivity index (χ3v) is 4.42. The number of phenolic OH excluding ortho intramolecular Hbond substituents is 1. The van der Waals surface area contributed by atoms with Crippen LogP contribution in [0.15, 0.2) is 12.1 Å². The molecular formula is C16H23NO. The van der Waals surface area contributed by atoms with Crippen LogP contribution in [-0.4, -0.2) is 17.7 Å². The molecule has 3 rings (SSSR count). The van der Waals surface area contributed by atoms with Crippen LogP contribution in [0.3, 0.4) is 0 Å². The molecule has 1 aliphatic carbocycles. The lowest BCUT2D eigenvalue weighted by Crippen LogP contribution is -2.23. The van der Waals surface area contributed by atoms with Crippen LogP contribution in [0.25, 0.3) is 0 Å². The van der Waals surface area contributed by atoms with Crippen LogP contribution in [0.5, 0.6) is 5.75 Å². The molecule has 1 heterocycles. The molecule has 1 saturated heterocycles. The highest BCUT2D eigenvalue weighted by Gasteiger charge is 2.18. The van der Waals surface area contributed by atoms with Crippen molar-refractivity contribution in [1.82, 2.24) is 5.32 Å². The molecule has 0 aromatic heterocycles. The van der Waals surface area contributed by atoms with Gasteiger partial charge in [-0.05, 0) is 74.2 Å². The van der Waals surface area contributed by atoms with Crippen LogP contribution in [0.4, 0.5) is 0 Å². The van der Waals surface area contributed by atoms with Crippen molar-refractivity contribution in [3.63, 3.8) is 0 Å². The van der Waals surface area contributed by atoms with Crippen molar-refractivity contribution in [3.8, 4) is 5.75 Å². The fourth-order valence-corrected chi connectivity index (χ4v) is 3.36. The smallest absolute Gasteiger partial charge is 0.119 e. The van der Waals surface area contributed by atoms with Gasteiger partial charge in [-0.1, -0.05) is 12.5 Å². The second kappa shape index (κ2) is 5.31. The van der Waals surface area contributed by atoms with Gasteiger partial charge in [0.05, 0.1) is 0 Å². The second-order valence-electron chi connectivity index (χ2n) is 5.81. The van der Waals surface area contributed by atoms with Gasteiger partial charge in [0.15, 0.2) is 0 Å². The quantitative estimate of drug-likeness (QED) is 0.785. The summed E-state index contributed by atoms with van der Waals surface area (Å²) in [6, 6.07) is 4.88. The summed E-state index contributed by atoms with van der Waals surface area (Å²) >= 11 is 0. The van der Waals surface area contributed by atoms with Crippen LogP contribution < -0.4 is 5.32 Å². The average Bonchev–Trinajstić information content (AvgIpc) is 2.76. The first-order valence-electron chi connectivity index (χ1n) is 7.40. The predicted octanol–water partition coefficient (Wildman–Crippen LogP) is 2.96. The molecular weight excluding hydrogens is 222 g/mol. The number of rotatable bonds is 2. The lowest BCUT2D eigenvalue weighted by Gasteiger charge is -2.15. The standard InChI is InChI=1S/C16H23NO/c18-16-11-13-6-3-1-2-5-12(13)9-14(16)10-15-7-4-8-17-15/h9,11,15,17-18H,1-8,10H2. The highest BCUT2D eigenvalue weighted by atomic mass is 16.3. The average molecular weight is 245 g/mol. The minimum atomic E-state index is 0.518. The van der Waals surface area contributed by atoms with E-state index in [1.54, 1.807) is 0 Å². The molecule has 1 fully saturated rings. The zero-order valence-electron chi connectivity index (χ0n) is 11.0. The first kappa shape index (κ1) is 12.0. The van der Waals surface area contributed by atoms with Crippen molar-refractivity contribution in [2.75, 3.05) is 6.54 Å². The minimum absolute atomic E-state index is 0.518. The lowest BCUT2D eigenvalue weighted by atomic mass is 9.95. The summed E-state index contributed by atoms with van der Waals surface area (Å²) in [5.41, 5.74) is 4.02. The number of phenols is 1. The maximum Gasteiger partial charge on any atom is 0.119 e. The molecule has 2 nitrogen and oxygen atoms in total. The van der Waals surface area contributed by atoms with Gasteiger partial charge >= 0.3 is 0 Å². The van der Waals surface area contributed by atoms with E-state index in [2.05, 4.69) is 11.4 Å². The number of fused-ring (bicyclic) bond motifs is 1. The molecule has 0 bridgehead atoms. The molecule has 2 heteroatoms. The Kier molecular flexibility index (Phi) is 3.55. The Bertz CT molecular complexity index is 421. The summed E-state index contributed by atoms with van der Waals surface area (Å²) in [7, 11) is 0. The summed E-state index contributed by atoms with van der Waals surface area (Å²) in [5.74, 6) is 0.518. The Hall–Kier alpha value is -1.02. The van der Waals surface area contributed by atoms with Gasteiger partial charge in [0.25, 0.3) is 0 Å². The van der Waals surface area contributed by atoms with Crippen molar-refractivity contribution in [1.29, 1.82) is 0 Å². The second-order valence-corrected chi connectivity index (χ2v) is 5.81. The number of benzene rings is 1. The van der Waals surface area contributed by atoms with E-state index in [0.717, 1.165) is 24.9 Å². The van der Waals surface area contributed by atoms with Gasteiger partial charge in [-0.3, -0.25) is 0 Å². The molecule has 1 unspecified atom stereocenters. The molecule has 0 spiro atoms. The molecule has 1 aromatic carbocycles. The third-order valence-electron chi connectivity index (χ3n) is 4.42. The molecule has 1 atom stereocenters. The molecule has 2 aliphatic rings. The third kappa shape index (κ3) is 2.54. The SMILES string of the molecule is Oc1cc2c(cc1CC1CCCN1)CCCCC2. The molecule has 1 aliphatic heterocycles. The summed E-state index contributed by atoms with van der Waals surface area (Å²) < 4.78 is 0. The summed E-state index contributed by atoms with van der Waals surface area (Å²) in [6.45, 7) is 1.14. The Morgan fingerprint density at radius 1 is 1.06 bits per heavy atom. The van der Waals surface area contributed by atoms with E-state index in [4.69, 9.17) is 0 Å². The molecule has 0 amide bonds. The molecule has 1 aromatic rings.